The third-order valence-corrected chi connectivity index (χ3v) is 12.5. The molecule has 10 nitrogen and oxygen atoms in total. The fraction of sp³-hybridized carbons (Fsp3) is 0.553. The molecule has 4 aliphatic heterocycles. The van der Waals surface area contributed by atoms with Crippen molar-refractivity contribution in [2.45, 2.75) is 150 Å². The fourth-order valence-corrected chi connectivity index (χ4v) is 9.01. The lowest BCUT2D eigenvalue weighted by atomic mass is 9.84. The molecular formula is C47H63N5O5. The van der Waals surface area contributed by atoms with E-state index < -0.39 is 0 Å². The van der Waals surface area contributed by atoms with E-state index in [0.717, 1.165) is 113 Å². The lowest BCUT2D eigenvalue weighted by molar-refractivity contribution is -0.140. The van der Waals surface area contributed by atoms with Crippen molar-refractivity contribution in [3.05, 3.63) is 69.1 Å². The van der Waals surface area contributed by atoms with Gasteiger partial charge in [-0.2, -0.15) is 0 Å². The van der Waals surface area contributed by atoms with Gasteiger partial charge in [-0.25, -0.2) is 9.97 Å². The van der Waals surface area contributed by atoms with Gasteiger partial charge in [0.2, 0.25) is 0 Å². The first-order chi connectivity index (χ1) is 27.4. The summed E-state index contributed by atoms with van der Waals surface area (Å²) < 4.78 is 11.6. The second-order valence-corrected chi connectivity index (χ2v) is 16.2. The number of aromatic amines is 2. The van der Waals surface area contributed by atoms with Crippen molar-refractivity contribution in [3.8, 4) is 0 Å². The topological polar surface area (TPSA) is 130 Å². The van der Waals surface area contributed by atoms with Crippen LogP contribution < -0.4 is 0 Å². The van der Waals surface area contributed by atoms with Crippen molar-refractivity contribution < 1.29 is 23.9 Å². The predicted octanol–water partition coefficient (Wildman–Crippen LogP) is 11.0. The second-order valence-electron chi connectivity index (χ2n) is 16.2. The number of rotatable bonds is 17. The van der Waals surface area contributed by atoms with Gasteiger partial charge in [0.1, 0.15) is 0 Å². The van der Waals surface area contributed by atoms with Crippen molar-refractivity contribution in [1.29, 1.82) is 0 Å². The van der Waals surface area contributed by atoms with Gasteiger partial charge in [0, 0.05) is 53.9 Å². The lowest BCUT2D eigenvalue weighted by Gasteiger charge is -2.27. The number of unbranched alkanes of at least 4 members (excludes halogenated alkanes) is 7. The molecule has 8 bridgehead atoms. The number of amides is 2. The number of aryl methyl sites for hydroxylation is 1. The summed E-state index contributed by atoms with van der Waals surface area (Å²) in [5, 5.41) is 0. The Bertz CT molecular complexity index is 2150. The largest absolute Gasteiger partial charge is 0.469 e. The summed E-state index contributed by atoms with van der Waals surface area (Å²) in [4.78, 5) is 61.1. The van der Waals surface area contributed by atoms with E-state index in [9.17, 15) is 14.4 Å². The number of nitrogens with one attached hydrogen (secondary N) is 2. The highest BCUT2D eigenvalue weighted by Crippen LogP contribution is 2.45. The number of fused-ring (bicyclic) bond motifs is 8. The van der Waals surface area contributed by atoms with Crippen LogP contribution in [0, 0.1) is 6.92 Å². The standard InChI is InChI=1S/C47H63N5O5/c1-10-13-15-17-18-22-52-46(54)42-30(7)37-25-38-32(12-3)27(4)34(48-38)26-39-41(31(8)57-23-19-16-14-11-2)29(6)36(49-39)24-35-28(5)33(20-21-40(53)56-9)44(50-35)43(47(52)55)45(42)51-37/h24-26,28,31,33,50-51H,10-23H2,1-9H3/t28-,31?,33-/m0/s1. The molecule has 2 N–H and O–H groups in total. The fourth-order valence-electron chi connectivity index (χ4n) is 9.01. The molecule has 0 spiro atoms. The molecule has 57 heavy (non-hydrogen) atoms. The van der Waals surface area contributed by atoms with Gasteiger partial charge in [0.05, 0.1) is 52.6 Å². The number of hydrogen-bond donors (Lipinski definition) is 2. The Morgan fingerprint density at radius 2 is 1.49 bits per heavy atom. The molecule has 2 aromatic heterocycles. The Morgan fingerprint density at radius 1 is 0.825 bits per heavy atom. The Hall–Kier alpha value is -4.57. The van der Waals surface area contributed by atoms with Crippen molar-refractivity contribution in [3.63, 3.8) is 0 Å². The summed E-state index contributed by atoms with van der Waals surface area (Å²) >= 11 is 0. The summed E-state index contributed by atoms with van der Waals surface area (Å²) in [5.74, 6) is -1.23. The molecule has 306 valence electrons. The molecule has 1 unspecified atom stereocenters. The van der Waals surface area contributed by atoms with Crippen LogP contribution in [0.1, 0.15) is 198 Å². The lowest BCUT2D eigenvalue weighted by Crippen LogP contribution is -2.41. The summed E-state index contributed by atoms with van der Waals surface area (Å²) in [6.07, 6.45) is 10.7. The van der Waals surface area contributed by atoms with E-state index in [-0.39, 0.29) is 42.1 Å². The van der Waals surface area contributed by atoms with Crippen LogP contribution in [0.5, 0.6) is 0 Å². The minimum Gasteiger partial charge on any atom is -0.469 e. The van der Waals surface area contributed by atoms with Crippen LogP contribution in [-0.2, 0) is 14.3 Å². The van der Waals surface area contributed by atoms with E-state index in [1.54, 1.807) is 0 Å². The van der Waals surface area contributed by atoms with Crippen molar-refractivity contribution >= 4 is 51.1 Å². The second kappa shape index (κ2) is 18.3. The van der Waals surface area contributed by atoms with Crippen LogP contribution in [0.15, 0.2) is 18.2 Å². The SMILES string of the molecule is CCCCCCCN1C(=O)c2c3[nH]c(cc4nc(cc5nc(cc6[nH]c2c(c6C)C1=O)C(CC)=C5C)C(C(C)OCCCCCC)=C4C)[C@@H](C)[C@@H]3CCC(=O)OC. The van der Waals surface area contributed by atoms with E-state index in [1.807, 2.05) is 13.0 Å². The number of carbonyl (C=O) groups excluding carboxylic acids is 3. The summed E-state index contributed by atoms with van der Waals surface area (Å²) in [5.41, 5.74) is 12.3. The molecule has 0 aliphatic carbocycles. The average Bonchev–Trinajstić information content (AvgIpc) is 3.87. The zero-order valence-electron chi connectivity index (χ0n) is 35.7. The van der Waals surface area contributed by atoms with Gasteiger partial charge in [-0.1, -0.05) is 72.6 Å². The van der Waals surface area contributed by atoms with Crippen LogP contribution in [0.3, 0.4) is 0 Å². The Morgan fingerprint density at radius 3 is 2.19 bits per heavy atom. The van der Waals surface area contributed by atoms with Gasteiger partial charge in [0.25, 0.3) is 11.8 Å². The first-order valence-corrected chi connectivity index (χ1v) is 21.5. The number of hydrogen-bond acceptors (Lipinski definition) is 7. The number of ether oxygens (including phenoxy) is 2. The van der Waals surface area contributed by atoms with E-state index in [2.05, 4.69) is 70.6 Å². The van der Waals surface area contributed by atoms with Gasteiger partial charge in [-0.05, 0) is 93.9 Å². The molecule has 6 heterocycles. The van der Waals surface area contributed by atoms with Crippen LogP contribution in [-0.4, -0.2) is 69.0 Å². The number of aromatic nitrogens is 4. The maximum absolute atomic E-state index is 14.9. The Balaban J connectivity index is 1.63. The van der Waals surface area contributed by atoms with Crippen LogP contribution in [0.25, 0.3) is 33.3 Å². The molecule has 0 saturated heterocycles. The molecule has 0 aromatic carbocycles. The van der Waals surface area contributed by atoms with E-state index in [0.29, 0.717) is 41.9 Å². The van der Waals surface area contributed by atoms with Gasteiger partial charge in [-0.15, -0.1) is 0 Å². The molecule has 2 aromatic rings. The number of imide groups is 1. The van der Waals surface area contributed by atoms with E-state index in [4.69, 9.17) is 19.4 Å². The zero-order valence-corrected chi connectivity index (χ0v) is 35.7. The molecule has 10 heteroatoms. The monoisotopic (exact) mass is 777 g/mol. The molecule has 0 saturated carbocycles. The number of esters is 1. The zero-order chi connectivity index (χ0) is 41.0. The minimum absolute atomic E-state index is 0.0984. The molecule has 0 fully saturated rings. The Labute approximate surface area is 338 Å². The number of allylic oxidation sites excluding steroid dienone is 3. The quantitative estimate of drug-likeness (QED) is 0.0929. The normalized spacial score (nSPS) is 17.8. The first-order valence-electron chi connectivity index (χ1n) is 21.5. The number of carbonyl (C=O) groups is 3. The molecule has 4 aliphatic rings. The highest BCUT2D eigenvalue weighted by atomic mass is 16.5. The highest BCUT2D eigenvalue weighted by molar-refractivity contribution is 6.23. The smallest absolute Gasteiger partial charge is 0.305 e. The molecule has 0 radical (unpaired) electrons. The Kier molecular flexibility index (Phi) is 13.5. The molecule has 3 atom stereocenters. The maximum Gasteiger partial charge on any atom is 0.305 e. The maximum atomic E-state index is 14.9. The van der Waals surface area contributed by atoms with Gasteiger partial charge in [-0.3, -0.25) is 19.3 Å². The van der Waals surface area contributed by atoms with Crippen molar-refractivity contribution in [2.75, 3.05) is 20.3 Å². The highest BCUT2D eigenvalue weighted by Gasteiger charge is 2.40. The number of methoxy groups -OCH3 is 1. The predicted molar refractivity (Wildman–Crippen MR) is 228 cm³/mol. The van der Waals surface area contributed by atoms with Gasteiger partial charge >= 0.3 is 5.97 Å². The first kappa shape index (κ1) is 42.0. The van der Waals surface area contributed by atoms with Crippen LogP contribution in [0.4, 0.5) is 0 Å². The summed E-state index contributed by atoms with van der Waals surface area (Å²) in [6.45, 7) is 18.0. The van der Waals surface area contributed by atoms with E-state index >= 15 is 0 Å². The van der Waals surface area contributed by atoms with E-state index in [1.165, 1.54) is 24.9 Å². The number of H-pyrrole nitrogens is 2. The average molecular weight is 778 g/mol. The van der Waals surface area contributed by atoms with Crippen LogP contribution in [0.2, 0.25) is 0 Å². The van der Waals surface area contributed by atoms with Crippen LogP contribution >= 0.6 is 0 Å². The summed E-state index contributed by atoms with van der Waals surface area (Å²) in [6, 6.07) is 6.22. The van der Waals surface area contributed by atoms with Crippen molar-refractivity contribution in [1.82, 2.24) is 24.8 Å². The number of nitrogens with zero attached hydrogens (tertiary/aromatic N) is 3. The third-order valence-electron chi connectivity index (χ3n) is 12.5. The van der Waals surface area contributed by atoms with Gasteiger partial charge < -0.3 is 19.4 Å². The van der Waals surface area contributed by atoms with Gasteiger partial charge in [0.15, 0.2) is 0 Å². The minimum atomic E-state index is -0.318. The molecular weight excluding hydrogens is 715 g/mol. The third kappa shape index (κ3) is 8.38. The molecule has 6 rings (SSSR count). The molecule has 2 amide bonds. The summed E-state index contributed by atoms with van der Waals surface area (Å²) in [7, 11) is 1.40. The van der Waals surface area contributed by atoms with Crippen molar-refractivity contribution in [2.24, 2.45) is 0 Å².